The molecule has 0 aromatic heterocycles. The van der Waals surface area contributed by atoms with Gasteiger partial charge in [-0.1, -0.05) is 47.1 Å². The average Bonchev–Trinajstić information content (AvgIpc) is 2.83. The van der Waals surface area contributed by atoms with Gasteiger partial charge in [-0.3, -0.25) is 0 Å². The summed E-state index contributed by atoms with van der Waals surface area (Å²) < 4.78 is 19.3. The van der Waals surface area contributed by atoms with Crippen molar-refractivity contribution in [3.8, 4) is 0 Å². The van der Waals surface area contributed by atoms with Crippen molar-refractivity contribution >= 4 is 11.7 Å². The highest BCUT2D eigenvalue weighted by Crippen LogP contribution is 2.40. The molecule has 1 aliphatic heterocycles. The number of hydrogen-bond donors (Lipinski definition) is 1. The number of esters is 1. The van der Waals surface area contributed by atoms with Gasteiger partial charge < -0.3 is 10.1 Å². The monoisotopic (exact) mass is 339 g/mol. The van der Waals surface area contributed by atoms with Gasteiger partial charge in [-0.15, -0.1) is 0 Å². The maximum Gasteiger partial charge on any atom is 0.329 e. The van der Waals surface area contributed by atoms with Crippen molar-refractivity contribution in [2.24, 2.45) is 0 Å². The van der Waals surface area contributed by atoms with Crippen molar-refractivity contribution < 1.29 is 13.9 Å². The van der Waals surface area contributed by atoms with Gasteiger partial charge in [0.1, 0.15) is 17.5 Å². The first-order valence-electron chi connectivity index (χ1n) is 8.90. The van der Waals surface area contributed by atoms with Crippen LogP contribution in [-0.2, 0) is 9.53 Å². The third-order valence-electron chi connectivity index (χ3n) is 3.32. The van der Waals surface area contributed by atoms with E-state index in [1.165, 1.54) is 12.5 Å². The summed E-state index contributed by atoms with van der Waals surface area (Å²) in [7, 11) is 0. The molecule has 1 aromatic rings. The van der Waals surface area contributed by atoms with Gasteiger partial charge in [0.2, 0.25) is 0 Å². The first kappa shape index (κ1) is 22.4. The Morgan fingerprint density at radius 3 is 2.17 bits per heavy atom. The number of ether oxygens (including phenoxy) is 1. The standard InChI is InChI=1S/C15H20FNO2.C3H8.C2H6/c1-8-6-7-10(16)11-9(2)13(17-12(8)11)14(18)19-15(3,4)5;1-3-2;1-2/h6-7,9,13,17H,1-5H3;3H2,1-2H3;1-2H3. The quantitative estimate of drug-likeness (QED) is 0.656. The Morgan fingerprint density at radius 2 is 1.75 bits per heavy atom. The highest BCUT2D eigenvalue weighted by atomic mass is 19.1. The molecule has 1 heterocycles. The number of anilines is 1. The van der Waals surface area contributed by atoms with Gasteiger partial charge in [-0.2, -0.15) is 0 Å². The number of rotatable bonds is 1. The third-order valence-corrected chi connectivity index (χ3v) is 3.32. The first-order chi connectivity index (χ1) is 11.1. The molecule has 1 N–H and O–H groups in total. The van der Waals surface area contributed by atoms with E-state index in [9.17, 15) is 9.18 Å². The topological polar surface area (TPSA) is 38.3 Å². The molecular weight excluding hydrogens is 305 g/mol. The lowest BCUT2D eigenvalue weighted by atomic mass is 9.95. The van der Waals surface area contributed by atoms with Crippen LogP contribution in [0.2, 0.25) is 0 Å². The molecule has 2 atom stereocenters. The van der Waals surface area contributed by atoms with Gasteiger partial charge in [0, 0.05) is 17.2 Å². The van der Waals surface area contributed by atoms with Gasteiger partial charge in [0.25, 0.3) is 0 Å². The molecule has 2 rings (SSSR count). The van der Waals surface area contributed by atoms with Crippen LogP contribution in [0.25, 0.3) is 0 Å². The minimum atomic E-state index is -0.541. The number of carbonyl (C=O) groups is 1. The minimum absolute atomic E-state index is 0.232. The molecule has 3 nitrogen and oxygen atoms in total. The molecule has 1 aromatic carbocycles. The van der Waals surface area contributed by atoms with Crippen LogP contribution >= 0.6 is 0 Å². The predicted molar refractivity (Wildman–Crippen MR) is 100 cm³/mol. The summed E-state index contributed by atoms with van der Waals surface area (Å²) in [4.78, 5) is 12.2. The Balaban J connectivity index is 0.000000952. The second kappa shape index (κ2) is 9.65. The normalized spacial score (nSPS) is 18.2. The number of nitrogens with one attached hydrogen (secondary N) is 1. The van der Waals surface area contributed by atoms with Crippen LogP contribution in [0.4, 0.5) is 10.1 Å². The number of fused-ring (bicyclic) bond motifs is 1. The van der Waals surface area contributed by atoms with Gasteiger partial charge in [-0.25, -0.2) is 9.18 Å². The van der Waals surface area contributed by atoms with Gasteiger partial charge in [0.05, 0.1) is 0 Å². The fourth-order valence-corrected chi connectivity index (χ4v) is 2.42. The van der Waals surface area contributed by atoms with Crippen molar-refractivity contribution in [3.05, 3.63) is 29.1 Å². The van der Waals surface area contributed by atoms with Crippen LogP contribution in [0.5, 0.6) is 0 Å². The third kappa shape index (κ3) is 5.81. The Labute approximate surface area is 147 Å². The van der Waals surface area contributed by atoms with Crippen LogP contribution in [0.3, 0.4) is 0 Å². The zero-order valence-corrected chi connectivity index (χ0v) is 16.7. The van der Waals surface area contributed by atoms with Crippen molar-refractivity contribution in [1.29, 1.82) is 0 Å². The van der Waals surface area contributed by atoms with Crippen LogP contribution in [0.15, 0.2) is 12.1 Å². The van der Waals surface area contributed by atoms with E-state index in [0.717, 1.165) is 11.3 Å². The molecule has 0 fully saturated rings. The van der Waals surface area contributed by atoms with Crippen molar-refractivity contribution in [2.75, 3.05) is 5.32 Å². The lowest BCUT2D eigenvalue weighted by molar-refractivity contribution is -0.156. The number of halogens is 1. The second-order valence-corrected chi connectivity index (χ2v) is 6.80. The van der Waals surface area contributed by atoms with E-state index in [1.54, 1.807) is 6.07 Å². The van der Waals surface area contributed by atoms with Gasteiger partial charge in [-0.05, 0) is 39.3 Å². The smallest absolute Gasteiger partial charge is 0.329 e. The van der Waals surface area contributed by atoms with E-state index in [0.29, 0.717) is 5.56 Å². The van der Waals surface area contributed by atoms with Gasteiger partial charge >= 0.3 is 5.97 Å². The molecule has 0 saturated carbocycles. The zero-order chi connectivity index (χ0) is 19.1. The fourth-order valence-electron chi connectivity index (χ4n) is 2.42. The fraction of sp³-hybridized carbons (Fsp3) is 0.650. The van der Waals surface area contributed by atoms with Crippen LogP contribution in [-0.4, -0.2) is 17.6 Å². The minimum Gasteiger partial charge on any atom is -0.458 e. The number of benzene rings is 1. The number of carbonyl (C=O) groups excluding carboxylic acids is 1. The average molecular weight is 339 g/mol. The van der Waals surface area contributed by atoms with E-state index in [2.05, 4.69) is 19.2 Å². The summed E-state index contributed by atoms with van der Waals surface area (Å²) in [6, 6.07) is 2.64. The van der Waals surface area contributed by atoms with Crippen LogP contribution in [0.1, 0.15) is 78.9 Å². The Morgan fingerprint density at radius 1 is 1.25 bits per heavy atom. The summed E-state index contributed by atoms with van der Waals surface area (Å²) in [6.45, 7) is 17.5. The van der Waals surface area contributed by atoms with Crippen molar-refractivity contribution in [2.45, 2.75) is 86.3 Å². The largest absolute Gasteiger partial charge is 0.458 e. The molecule has 0 saturated heterocycles. The molecule has 0 aliphatic carbocycles. The molecule has 0 spiro atoms. The van der Waals surface area contributed by atoms with Crippen molar-refractivity contribution in [1.82, 2.24) is 0 Å². The summed E-state index contributed by atoms with van der Waals surface area (Å²) in [5.41, 5.74) is 1.70. The predicted octanol–water partition coefficient (Wildman–Crippen LogP) is 5.82. The van der Waals surface area contributed by atoms with Crippen molar-refractivity contribution in [3.63, 3.8) is 0 Å². The van der Waals surface area contributed by atoms with E-state index < -0.39 is 11.6 Å². The van der Waals surface area contributed by atoms with E-state index >= 15 is 0 Å². The maximum absolute atomic E-state index is 13.9. The highest BCUT2D eigenvalue weighted by Gasteiger charge is 2.39. The van der Waals surface area contributed by atoms with Gasteiger partial charge in [0.15, 0.2) is 0 Å². The highest BCUT2D eigenvalue weighted by molar-refractivity contribution is 5.85. The molecule has 4 heteroatoms. The Kier molecular flexibility index (Phi) is 9.02. The molecular formula is C20H34FNO2. The van der Waals surface area contributed by atoms with E-state index in [1.807, 2.05) is 48.5 Å². The molecule has 0 radical (unpaired) electrons. The van der Waals surface area contributed by atoms with Crippen LogP contribution in [0, 0.1) is 12.7 Å². The lowest BCUT2D eigenvalue weighted by Gasteiger charge is -2.24. The molecule has 2 unspecified atom stereocenters. The van der Waals surface area contributed by atoms with Crippen LogP contribution < -0.4 is 5.32 Å². The summed E-state index contributed by atoms with van der Waals surface area (Å²) >= 11 is 0. The van der Waals surface area contributed by atoms with E-state index in [-0.39, 0.29) is 17.7 Å². The molecule has 138 valence electrons. The first-order valence-corrected chi connectivity index (χ1v) is 8.90. The summed E-state index contributed by atoms with van der Waals surface area (Å²) in [6.07, 6.45) is 1.25. The second-order valence-electron chi connectivity index (χ2n) is 6.80. The van der Waals surface area contributed by atoms with E-state index in [4.69, 9.17) is 4.74 Å². The molecule has 24 heavy (non-hydrogen) atoms. The summed E-state index contributed by atoms with van der Waals surface area (Å²) in [5.74, 6) is -0.841. The lowest BCUT2D eigenvalue weighted by Crippen LogP contribution is -2.36. The molecule has 0 amide bonds. The number of aryl methyl sites for hydroxylation is 1. The Hall–Kier alpha value is -1.58. The Bertz CT molecular complexity index is 535. The zero-order valence-electron chi connectivity index (χ0n) is 16.7. The number of hydrogen-bond acceptors (Lipinski definition) is 3. The SMILES string of the molecule is CC.CCC.Cc1ccc(F)c2c1NC(C(=O)OC(C)(C)C)C2C. The summed E-state index contributed by atoms with van der Waals surface area (Å²) in [5, 5.41) is 3.10. The maximum atomic E-state index is 13.9. The molecule has 1 aliphatic rings. The molecule has 0 bridgehead atoms.